The highest BCUT2D eigenvalue weighted by molar-refractivity contribution is 6.20. The molecule has 1 aliphatic carbocycles. The zero-order chi connectivity index (χ0) is 37.1. The van der Waals surface area contributed by atoms with E-state index in [1.54, 1.807) is 0 Å². The number of rotatable bonds is 3. The van der Waals surface area contributed by atoms with E-state index in [0.717, 1.165) is 50.0 Å². The number of hydrogen-bond acceptors (Lipinski definition) is 2. The molecule has 3 heteroatoms. The fraction of sp³-hybridized carbons (Fsp3) is 0.0566. The monoisotopic (exact) mass is 713 g/mol. The van der Waals surface area contributed by atoms with E-state index in [2.05, 4.69) is 194 Å². The van der Waals surface area contributed by atoms with Crippen LogP contribution in [-0.4, -0.2) is 14.5 Å². The maximum atomic E-state index is 5.37. The van der Waals surface area contributed by atoms with Gasteiger partial charge in [0.05, 0.1) is 27.9 Å². The van der Waals surface area contributed by atoms with Crippen molar-refractivity contribution >= 4 is 65.0 Å². The van der Waals surface area contributed by atoms with E-state index >= 15 is 0 Å². The molecule has 0 spiro atoms. The van der Waals surface area contributed by atoms with E-state index in [-0.39, 0.29) is 5.41 Å². The van der Waals surface area contributed by atoms with Gasteiger partial charge in [0.15, 0.2) is 5.82 Å². The fourth-order valence-electron chi connectivity index (χ4n) is 9.74. The molecule has 0 aliphatic heterocycles. The third kappa shape index (κ3) is 4.28. The molecule has 3 nitrogen and oxygen atoms in total. The van der Waals surface area contributed by atoms with Crippen molar-refractivity contribution in [3.05, 3.63) is 187 Å². The number of para-hydroxylation sites is 2. The van der Waals surface area contributed by atoms with Crippen LogP contribution in [0.3, 0.4) is 0 Å². The number of fused-ring (bicyclic) bond motifs is 12. The van der Waals surface area contributed by atoms with Gasteiger partial charge in [-0.25, -0.2) is 9.97 Å². The molecule has 0 N–H and O–H groups in total. The third-order valence-electron chi connectivity index (χ3n) is 12.4. The van der Waals surface area contributed by atoms with Crippen molar-refractivity contribution in [2.75, 3.05) is 0 Å². The van der Waals surface area contributed by atoms with Crippen molar-refractivity contribution in [2.45, 2.75) is 19.3 Å². The van der Waals surface area contributed by atoms with Crippen molar-refractivity contribution in [1.29, 1.82) is 0 Å². The minimum absolute atomic E-state index is 0.160. The lowest BCUT2D eigenvalue weighted by Crippen LogP contribution is -2.15. The predicted molar refractivity (Wildman–Crippen MR) is 235 cm³/mol. The number of hydrogen-bond donors (Lipinski definition) is 0. The molecular weight excluding hydrogens is 679 g/mol. The van der Waals surface area contributed by atoms with Gasteiger partial charge < -0.3 is 4.57 Å². The number of nitrogens with zero attached hydrogens (tertiary/aromatic N) is 3. The lowest BCUT2D eigenvalue weighted by molar-refractivity contribution is 0.661. The van der Waals surface area contributed by atoms with Crippen LogP contribution < -0.4 is 0 Å². The second-order valence-electron chi connectivity index (χ2n) is 15.7. The molecule has 0 bridgehead atoms. The number of benzene rings is 9. The SMILES string of the molecule is CC1(C)c2cc3c(cc2-c2c1ccc1ccccc21)c1ccccc1n3-c1cc2ccccc2c2c(-c3nc(-c4ccccc4)c4ccccc4n3)cccc12. The minimum atomic E-state index is -0.160. The summed E-state index contributed by atoms with van der Waals surface area (Å²) in [7, 11) is 0. The lowest BCUT2D eigenvalue weighted by atomic mass is 9.82. The Bertz CT molecular complexity index is 3440. The van der Waals surface area contributed by atoms with Crippen LogP contribution in [0, 0.1) is 0 Å². The molecule has 11 aromatic rings. The Kier molecular flexibility index (Phi) is 6.40. The maximum Gasteiger partial charge on any atom is 0.161 e. The zero-order valence-electron chi connectivity index (χ0n) is 31.1. The average Bonchev–Trinajstić information content (AvgIpc) is 3.69. The van der Waals surface area contributed by atoms with E-state index in [9.17, 15) is 0 Å². The summed E-state index contributed by atoms with van der Waals surface area (Å²) in [6.07, 6.45) is 0. The molecule has 9 aromatic carbocycles. The van der Waals surface area contributed by atoms with Crippen LogP contribution in [0.1, 0.15) is 25.0 Å². The Hall–Kier alpha value is -7.10. The van der Waals surface area contributed by atoms with Crippen LogP contribution in [0.15, 0.2) is 176 Å². The van der Waals surface area contributed by atoms with Crippen molar-refractivity contribution in [2.24, 2.45) is 0 Å². The molecule has 0 saturated carbocycles. The van der Waals surface area contributed by atoms with Gasteiger partial charge in [-0.1, -0.05) is 159 Å². The predicted octanol–water partition coefficient (Wildman–Crippen LogP) is 13.8. The summed E-state index contributed by atoms with van der Waals surface area (Å²) in [4.78, 5) is 10.6. The summed E-state index contributed by atoms with van der Waals surface area (Å²) >= 11 is 0. The summed E-state index contributed by atoms with van der Waals surface area (Å²) in [5, 5.41) is 10.8. The normalized spacial score (nSPS) is 13.3. The first kappa shape index (κ1) is 31.3. The van der Waals surface area contributed by atoms with Gasteiger partial charge in [0, 0.05) is 43.5 Å². The van der Waals surface area contributed by atoms with Gasteiger partial charge in [-0.05, 0) is 74.1 Å². The molecule has 0 amide bonds. The van der Waals surface area contributed by atoms with Crippen LogP contribution in [0.5, 0.6) is 0 Å². The highest BCUT2D eigenvalue weighted by Gasteiger charge is 2.37. The van der Waals surface area contributed by atoms with Crippen molar-refractivity contribution in [1.82, 2.24) is 14.5 Å². The second kappa shape index (κ2) is 11.5. The van der Waals surface area contributed by atoms with Crippen LogP contribution >= 0.6 is 0 Å². The Labute approximate surface area is 324 Å². The topological polar surface area (TPSA) is 30.7 Å². The van der Waals surface area contributed by atoms with Gasteiger partial charge in [-0.3, -0.25) is 0 Å². The molecule has 0 saturated heterocycles. The van der Waals surface area contributed by atoms with Gasteiger partial charge in [-0.15, -0.1) is 0 Å². The molecule has 56 heavy (non-hydrogen) atoms. The molecule has 0 atom stereocenters. The summed E-state index contributed by atoms with van der Waals surface area (Å²) < 4.78 is 2.51. The van der Waals surface area contributed by atoms with E-state index < -0.39 is 0 Å². The van der Waals surface area contributed by atoms with Gasteiger partial charge in [0.2, 0.25) is 0 Å². The molecular formula is C53H35N3. The van der Waals surface area contributed by atoms with Crippen LogP contribution in [0.25, 0.3) is 104 Å². The summed E-state index contributed by atoms with van der Waals surface area (Å²) in [5.41, 5.74) is 12.8. The summed E-state index contributed by atoms with van der Waals surface area (Å²) in [6.45, 7) is 4.77. The first-order chi connectivity index (χ1) is 27.5. The largest absolute Gasteiger partial charge is 0.309 e. The van der Waals surface area contributed by atoms with E-state index in [0.29, 0.717) is 0 Å². The Morgan fingerprint density at radius 2 is 1.14 bits per heavy atom. The zero-order valence-corrected chi connectivity index (χ0v) is 31.1. The van der Waals surface area contributed by atoms with Gasteiger partial charge in [0.1, 0.15) is 0 Å². The first-order valence-corrected chi connectivity index (χ1v) is 19.4. The highest BCUT2D eigenvalue weighted by atomic mass is 15.0. The summed E-state index contributed by atoms with van der Waals surface area (Å²) in [6, 6.07) is 64.0. The summed E-state index contributed by atoms with van der Waals surface area (Å²) in [5.74, 6) is 0.724. The Morgan fingerprint density at radius 1 is 0.446 bits per heavy atom. The smallest absolute Gasteiger partial charge is 0.161 e. The van der Waals surface area contributed by atoms with Gasteiger partial charge >= 0.3 is 0 Å². The average molecular weight is 714 g/mol. The van der Waals surface area contributed by atoms with Crippen molar-refractivity contribution in [3.8, 4) is 39.5 Å². The first-order valence-electron chi connectivity index (χ1n) is 19.4. The quantitative estimate of drug-likeness (QED) is 0.171. The standard InChI is InChI=1S/C53H35N3/c1-53(2)43-28-27-32-15-6-8-19-35(32)50(43)42-30-41-37-21-11-13-26-46(37)56(48(41)31-44(42)53)47-29-34-18-7-9-20-36(34)49-39(47)23-14-24-40(49)52-54-45-25-12-10-22-38(45)51(55-52)33-16-4-3-5-17-33/h3-31H,1-2H3. The Morgan fingerprint density at radius 3 is 2.00 bits per heavy atom. The Balaban J connectivity index is 1.18. The highest BCUT2D eigenvalue weighted by Crippen LogP contribution is 2.53. The fourth-order valence-corrected chi connectivity index (χ4v) is 9.74. The van der Waals surface area contributed by atoms with Crippen LogP contribution in [0.4, 0.5) is 0 Å². The molecule has 12 rings (SSSR count). The van der Waals surface area contributed by atoms with Crippen molar-refractivity contribution < 1.29 is 0 Å². The van der Waals surface area contributed by atoms with Crippen molar-refractivity contribution in [3.63, 3.8) is 0 Å². The third-order valence-corrected chi connectivity index (χ3v) is 12.4. The van der Waals surface area contributed by atoms with Gasteiger partial charge in [-0.2, -0.15) is 0 Å². The van der Waals surface area contributed by atoms with Crippen LogP contribution in [0.2, 0.25) is 0 Å². The molecule has 0 unspecified atom stereocenters. The van der Waals surface area contributed by atoms with E-state index in [1.807, 2.05) is 0 Å². The molecule has 1 aliphatic rings. The van der Waals surface area contributed by atoms with E-state index in [4.69, 9.17) is 9.97 Å². The molecule has 2 aromatic heterocycles. The molecule has 2 heterocycles. The van der Waals surface area contributed by atoms with Crippen LogP contribution in [-0.2, 0) is 5.41 Å². The van der Waals surface area contributed by atoms with Gasteiger partial charge in [0.25, 0.3) is 0 Å². The van der Waals surface area contributed by atoms with E-state index in [1.165, 1.54) is 65.6 Å². The molecule has 262 valence electrons. The minimum Gasteiger partial charge on any atom is -0.309 e. The number of aromatic nitrogens is 3. The maximum absolute atomic E-state index is 5.37. The molecule has 0 radical (unpaired) electrons. The lowest BCUT2D eigenvalue weighted by Gasteiger charge is -2.22. The second-order valence-corrected chi connectivity index (χ2v) is 15.7. The molecule has 0 fully saturated rings.